The van der Waals surface area contributed by atoms with E-state index in [-0.39, 0.29) is 18.8 Å². The normalized spacial score (nSPS) is 10.9. The second-order valence-electron chi connectivity index (χ2n) is 4.99. The molecule has 0 spiro atoms. The van der Waals surface area contributed by atoms with E-state index in [1.165, 1.54) is 17.8 Å². The predicted molar refractivity (Wildman–Crippen MR) is 85.4 cm³/mol. The summed E-state index contributed by atoms with van der Waals surface area (Å²) < 4.78 is 19.1. The minimum absolute atomic E-state index is 0.0382. The average Bonchev–Trinajstić information content (AvgIpc) is 3.03. The molecule has 118 valence electrons. The molecule has 0 aliphatic rings. The highest BCUT2D eigenvalue weighted by atomic mass is 32.2. The molecule has 0 saturated heterocycles. The summed E-state index contributed by atoms with van der Waals surface area (Å²) in [6, 6.07) is 14.2. The van der Waals surface area contributed by atoms with Gasteiger partial charge in [-0.1, -0.05) is 54.2 Å². The highest BCUT2D eigenvalue weighted by Gasteiger charge is 2.10. The molecule has 23 heavy (non-hydrogen) atoms. The van der Waals surface area contributed by atoms with Crippen LogP contribution in [0.2, 0.25) is 0 Å². The summed E-state index contributed by atoms with van der Waals surface area (Å²) in [4.78, 5) is 0. The molecule has 0 saturated carbocycles. The predicted octanol–water partition coefficient (Wildman–Crippen LogP) is 3.58. The van der Waals surface area contributed by atoms with E-state index in [2.05, 4.69) is 10.2 Å². The van der Waals surface area contributed by atoms with Crippen LogP contribution < -0.4 is 0 Å². The maximum atomic E-state index is 13.6. The monoisotopic (exact) mass is 330 g/mol. The fraction of sp³-hybridized carbons (Fsp3) is 0.176. The first-order chi connectivity index (χ1) is 11.2. The maximum absolute atomic E-state index is 13.6. The van der Waals surface area contributed by atoms with E-state index in [1.54, 1.807) is 18.2 Å². The SMILES string of the molecule is OCc1ccc(CSc2nnc(Cc3ccccc3F)o2)cc1. The molecule has 2 aromatic carbocycles. The molecule has 1 aromatic heterocycles. The summed E-state index contributed by atoms with van der Waals surface area (Å²) in [7, 11) is 0. The highest BCUT2D eigenvalue weighted by Crippen LogP contribution is 2.23. The Hall–Kier alpha value is -2.18. The summed E-state index contributed by atoms with van der Waals surface area (Å²) in [5.41, 5.74) is 2.51. The van der Waals surface area contributed by atoms with Crippen LogP contribution in [-0.2, 0) is 18.8 Å². The zero-order valence-corrected chi connectivity index (χ0v) is 13.1. The minimum atomic E-state index is -0.274. The maximum Gasteiger partial charge on any atom is 0.276 e. The lowest BCUT2D eigenvalue weighted by atomic mass is 10.1. The number of hydrogen-bond acceptors (Lipinski definition) is 5. The molecular formula is C17H15FN2O2S. The topological polar surface area (TPSA) is 59.2 Å². The third kappa shape index (κ3) is 4.18. The number of hydrogen-bond donors (Lipinski definition) is 1. The minimum Gasteiger partial charge on any atom is -0.416 e. The smallest absolute Gasteiger partial charge is 0.276 e. The van der Waals surface area contributed by atoms with Gasteiger partial charge in [-0.3, -0.25) is 0 Å². The Morgan fingerprint density at radius 2 is 1.74 bits per heavy atom. The van der Waals surface area contributed by atoms with Crippen LogP contribution in [0.4, 0.5) is 4.39 Å². The summed E-state index contributed by atoms with van der Waals surface area (Å²) >= 11 is 1.43. The van der Waals surface area contributed by atoms with Gasteiger partial charge in [-0.2, -0.15) is 0 Å². The third-order valence-electron chi connectivity index (χ3n) is 3.32. The van der Waals surface area contributed by atoms with Gasteiger partial charge in [0.2, 0.25) is 5.89 Å². The van der Waals surface area contributed by atoms with E-state index >= 15 is 0 Å². The quantitative estimate of drug-likeness (QED) is 0.700. The fourth-order valence-corrected chi connectivity index (χ4v) is 2.79. The number of nitrogens with zero attached hydrogens (tertiary/aromatic N) is 2. The zero-order valence-electron chi connectivity index (χ0n) is 12.3. The van der Waals surface area contributed by atoms with E-state index in [0.29, 0.717) is 22.4 Å². The third-order valence-corrected chi connectivity index (χ3v) is 4.21. The van der Waals surface area contributed by atoms with Crippen molar-refractivity contribution >= 4 is 11.8 Å². The van der Waals surface area contributed by atoms with Crippen molar-refractivity contribution in [2.75, 3.05) is 0 Å². The molecule has 1 heterocycles. The van der Waals surface area contributed by atoms with Crippen molar-refractivity contribution in [3.05, 3.63) is 76.9 Å². The molecule has 6 heteroatoms. The molecule has 0 amide bonds. The number of aliphatic hydroxyl groups is 1. The first-order valence-corrected chi connectivity index (χ1v) is 8.10. The standard InChI is InChI=1S/C17H15FN2O2S/c18-15-4-2-1-3-14(15)9-16-19-20-17(22-16)23-11-13-7-5-12(10-21)6-8-13/h1-8,21H,9-11H2. The van der Waals surface area contributed by atoms with Crippen LogP contribution in [-0.4, -0.2) is 15.3 Å². The van der Waals surface area contributed by atoms with E-state index in [1.807, 2.05) is 24.3 Å². The number of benzene rings is 2. The Kier molecular flexibility index (Phi) is 5.05. The lowest BCUT2D eigenvalue weighted by Crippen LogP contribution is -1.92. The van der Waals surface area contributed by atoms with Crippen molar-refractivity contribution < 1.29 is 13.9 Å². The Morgan fingerprint density at radius 1 is 1.00 bits per heavy atom. The van der Waals surface area contributed by atoms with Gasteiger partial charge >= 0.3 is 0 Å². The van der Waals surface area contributed by atoms with Gasteiger partial charge in [0.1, 0.15) is 5.82 Å². The Labute approximate surface area is 137 Å². The van der Waals surface area contributed by atoms with Gasteiger partial charge in [0.25, 0.3) is 5.22 Å². The van der Waals surface area contributed by atoms with E-state index in [4.69, 9.17) is 9.52 Å². The van der Waals surface area contributed by atoms with Gasteiger partial charge in [0.05, 0.1) is 13.0 Å². The van der Waals surface area contributed by atoms with Gasteiger partial charge in [0, 0.05) is 5.75 Å². The van der Waals surface area contributed by atoms with E-state index in [9.17, 15) is 4.39 Å². The summed E-state index contributed by atoms with van der Waals surface area (Å²) in [6.07, 6.45) is 0.283. The van der Waals surface area contributed by atoms with Crippen molar-refractivity contribution in [1.29, 1.82) is 0 Å². The summed E-state index contributed by atoms with van der Waals surface area (Å²) in [6.45, 7) is 0.0382. The molecule has 0 aliphatic carbocycles. The van der Waals surface area contributed by atoms with Crippen LogP contribution in [0.5, 0.6) is 0 Å². The van der Waals surface area contributed by atoms with Crippen molar-refractivity contribution in [2.24, 2.45) is 0 Å². The molecule has 0 radical (unpaired) electrons. The molecule has 0 fully saturated rings. The van der Waals surface area contributed by atoms with Gasteiger partial charge < -0.3 is 9.52 Å². The van der Waals surface area contributed by atoms with Gasteiger partial charge in [0.15, 0.2) is 0 Å². The lowest BCUT2D eigenvalue weighted by molar-refractivity contribution is 0.282. The largest absolute Gasteiger partial charge is 0.416 e. The molecule has 0 bridgehead atoms. The number of rotatable bonds is 6. The second-order valence-corrected chi connectivity index (χ2v) is 5.92. The average molecular weight is 330 g/mol. The molecule has 0 unspecified atom stereocenters. The van der Waals surface area contributed by atoms with Gasteiger partial charge in [-0.25, -0.2) is 4.39 Å². The van der Waals surface area contributed by atoms with Crippen LogP contribution in [0.3, 0.4) is 0 Å². The lowest BCUT2D eigenvalue weighted by Gasteiger charge is -2.00. The second kappa shape index (κ2) is 7.39. The molecular weight excluding hydrogens is 315 g/mol. The van der Waals surface area contributed by atoms with Crippen LogP contribution in [0.15, 0.2) is 58.2 Å². The number of aliphatic hydroxyl groups excluding tert-OH is 1. The van der Waals surface area contributed by atoms with Crippen molar-refractivity contribution in [3.63, 3.8) is 0 Å². The van der Waals surface area contributed by atoms with Gasteiger partial charge in [-0.05, 0) is 22.8 Å². The van der Waals surface area contributed by atoms with Crippen LogP contribution in [0, 0.1) is 5.82 Å². The first-order valence-electron chi connectivity index (χ1n) is 7.12. The molecule has 0 atom stereocenters. The highest BCUT2D eigenvalue weighted by molar-refractivity contribution is 7.98. The first kappa shape index (κ1) is 15.7. The Bertz CT molecular complexity index is 774. The van der Waals surface area contributed by atoms with Gasteiger partial charge in [-0.15, -0.1) is 10.2 Å². The summed E-state index contributed by atoms with van der Waals surface area (Å²) in [5, 5.41) is 17.4. The van der Waals surface area contributed by atoms with Crippen LogP contribution in [0.1, 0.15) is 22.6 Å². The van der Waals surface area contributed by atoms with Crippen molar-refractivity contribution in [2.45, 2.75) is 24.0 Å². The Morgan fingerprint density at radius 3 is 2.48 bits per heavy atom. The Balaban J connectivity index is 1.59. The van der Waals surface area contributed by atoms with Crippen LogP contribution in [0.25, 0.3) is 0 Å². The summed E-state index contributed by atoms with van der Waals surface area (Å²) in [5.74, 6) is 0.810. The number of aromatic nitrogens is 2. The number of thioether (sulfide) groups is 1. The van der Waals surface area contributed by atoms with Crippen molar-refractivity contribution in [3.8, 4) is 0 Å². The molecule has 0 aliphatic heterocycles. The molecule has 4 nitrogen and oxygen atoms in total. The zero-order chi connectivity index (χ0) is 16.1. The van der Waals surface area contributed by atoms with E-state index in [0.717, 1.165) is 11.1 Å². The van der Waals surface area contributed by atoms with Crippen molar-refractivity contribution in [1.82, 2.24) is 10.2 Å². The fourth-order valence-electron chi connectivity index (χ4n) is 2.06. The molecule has 3 aromatic rings. The van der Waals surface area contributed by atoms with Crippen LogP contribution >= 0.6 is 11.8 Å². The molecule has 1 N–H and O–H groups in total. The molecule has 3 rings (SSSR count). The number of halogens is 1. The van der Waals surface area contributed by atoms with E-state index < -0.39 is 0 Å².